The van der Waals surface area contributed by atoms with Crippen LogP contribution in [0.25, 0.3) is 0 Å². The van der Waals surface area contributed by atoms with Gasteiger partial charge in [0.05, 0.1) is 0 Å². The van der Waals surface area contributed by atoms with E-state index in [-0.39, 0.29) is 0 Å². The molecule has 0 unspecified atom stereocenters. The minimum atomic E-state index is -2.48. The average Bonchev–Trinajstić information content (AvgIpc) is 2.27. The van der Waals surface area contributed by atoms with E-state index in [4.69, 9.17) is 4.74 Å². The monoisotopic (exact) mass is 254 g/mol. The van der Waals surface area contributed by atoms with Gasteiger partial charge in [-0.25, -0.2) is 9.18 Å². The van der Waals surface area contributed by atoms with Gasteiger partial charge < -0.3 is 9.84 Å². The summed E-state index contributed by atoms with van der Waals surface area (Å²) in [5, 5.41) is 9.94. The summed E-state index contributed by atoms with van der Waals surface area (Å²) in [6, 6.07) is 8.21. The van der Waals surface area contributed by atoms with Crippen molar-refractivity contribution in [2.24, 2.45) is 0 Å². The van der Waals surface area contributed by atoms with Crippen LogP contribution in [-0.4, -0.2) is 22.3 Å². The van der Waals surface area contributed by atoms with E-state index >= 15 is 0 Å². The van der Waals surface area contributed by atoms with Crippen molar-refractivity contribution in [3.8, 4) is 0 Å². The molecule has 100 valence electrons. The normalized spacial score (nSPS) is 16.8. The quantitative estimate of drug-likeness (QED) is 0.844. The van der Waals surface area contributed by atoms with Crippen molar-refractivity contribution in [3.05, 3.63) is 35.9 Å². The van der Waals surface area contributed by atoms with Gasteiger partial charge in [0.1, 0.15) is 11.7 Å². The highest BCUT2D eigenvalue weighted by Gasteiger charge is 2.44. The maximum absolute atomic E-state index is 14.4. The molecule has 0 fully saturated rings. The van der Waals surface area contributed by atoms with Crippen molar-refractivity contribution in [1.82, 2.24) is 0 Å². The third-order valence-corrected chi connectivity index (χ3v) is 2.43. The first-order valence-corrected chi connectivity index (χ1v) is 5.80. The molecule has 0 spiro atoms. The first kappa shape index (κ1) is 14.6. The number of ether oxygens (including phenoxy) is 1. The lowest BCUT2D eigenvalue weighted by atomic mass is 9.94. The number of hydrogen-bond acceptors (Lipinski definition) is 3. The zero-order chi connectivity index (χ0) is 14.0. The Bertz CT molecular complexity index is 407. The third kappa shape index (κ3) is 3.53. The lowest BCUT2D eigenvalue weighted by molar-refractivity contribution is -0.176. The molecular weight excluding hydrogens is 235 g/mol. The van der Waals surface area contributed by atoms with Gasteiger partial charge in [-0.1, -0.05) is 30.3 Å². The molecule has 0 bridgehead atoms. The number of carbonyl (C=O) groups excluding carboxylic acids is 1. The molecule has 1 aromatic carbocycles. The number of esters is 1. The molecule has 0 aliphatic heterocycles. The van der Waals surface area contributed by atoms with E-state index in [0.29, 0.717) is 5.56 Å². The van der Waals surface area contributed by atoms with Crippen LogP contribution in [0.2, 0.25) is 0 Å². The highest BCUT2D eigenvalue weighted by Crippen LogP contribution is 2.31. The Morgan fingerprint density at radius 3 is 2.17 bits per heavy atom. The van der Waals surface area contributed by atoms with Crippen molar-refractivity contribution in [2.75, 3.05) is 0 Å². The van der Waals surface area contributed by atoms with E-state index in [2.05, 4.69) is 0 Å². The molecule has 0 saturated carbocycles. The van der Waals surface area contributed by atoms with E-state index in [9.17, 15) is 14.3 Å². The zero-order valence-corrected chi connectivity index (χ0v) is 11.1. The Morgan fingerprint density at radius 1 is 1.22 bits per heavy atom. The summed E-state index contributed by atoms with van der Waals surface area (Å²) in [5.41, 5.74) is -2.93. The fourth-order valence-electron chi connectivity index (χ4n) is 1.44. The molecule has 1 rings (SSSR count). The number of halogens is 1. The molecule has 1 aromatic rings. The van der Waals surface area contributed by atoms with Gasteiger partial charge in [0, 0.05) is 0 Å². The number of aliphatic hydroxyl groups excluding tert-OH is 1. The highest BCUT2D eigenvalue weighted by atomic mass is 19.1. The van der Waals surface area contributed by atoms with Gasteiger partial charge >= 0.3 is 5.97 Å². The zero-order valence-electron chi connectivity index (χ0n) is 11.1. The summed E-state index contributed by atoms with van der Waals surface area (Å²) in [6.07, 6.45) is -1.55. The molecule has 3 nitrogen and oxygen atoms in total. The summed E-state index contributed by atoms with van der Waals surface area (Å²) in [5.74, 6) is -1.06. The maximum atomic E-state index is 14.4. The van der Waals surface area contributed by atoms with Crippen LogP contribution in [0.5, 0.6) is 0 Å². The first-order chi connectivity index (χ1) is 8.14. The minimum absolute atomic E-state index is 0.341. The second kappa shape index (κ2) is 5.06. The number of rotatable bonds is 3. The van der Waals surface area contributed by atoms with Crippen LogP contribution in [0.1, 0.15) is 39.4 Å². The maximum Gasteiger partial charge on any atom is 0.347 e. The summed E-state index contributed by atoms with van der Waals surface area (Å²) >= 11 is 0. The van der Waals surface area contributed by atoms with Crippen LogP contribution >= 0.6 is 0 Å². The van der Waals surface area contributed by atoms with Crippen LogP contribution in [0.3, 0.4) is 0 Å². The average molecular weight is 254 g/mol. The Morgan fingerprint density at radius 2 is 1.72 bits per heavy atom. The molecule has 0 aliphatic rings. The van der Waals surface area contributed by atoms with Crippen molar-refractivity contribution >= 4 is 5.97 Å². The van der Waals surface area contributed by atoms with Gasteiger partial charge in [-0.05, 0) is 33.3 Å². The SMILES string of the molecule is CC(C)(C)OC(=O)[C@](C)(F)[C@H](O)c1ccccc1. The highest BCUT2D eigenvalue weighted by molar-refractivity contribution is 5.80. The predicted octanol–water partition coefficient (Wildman–Crippen LogP) is 2.79. The van der Waals surface area contributed by atoms with E-state index in [1.807, 2.05) is 0 Å². The molecule has 4 heteroatoms. The van der Waals surface area contributed by atoms with Crippen molar-refractivity contribution < 1.29 is 19.0 Å². The molecule has 0 amide bonds. The first-order valence-electron chi connectivity index (χ1n) is 5.80. The van der Waals surface area contributed by atoms with Crippen molar-refractivity contribution in [2.45, 2.75) is 45.1 Å². The van der Waals surface area contributed by atoms with Crippen molar-refractivity contribution in [3.63, 3.8) is 0 Å². The molecule has 0 heterocycles. The van der Waals surface area contributed by atoms with E-state index in [1.165, 1.54) is 0 Å². The summed E-state index contributed by atoms with van der Waals surface area (Å²) in [7, 11) is 0. The van der Waals surface area contributed by atoms with Crippen LogP contribution < -0.4 is 0 Å². The molecule has 1 N–H and O–H groups in total. The van der Waals surface area contributed by atoms with Gasteiger partial charge in [-0.15, -0.1) is 0 Å². The summed E-state index contributed by atoms with van der Waals surface area (Å²) in [6.45, 7) is 5.97. The number of aliphatic hydroxyl groups is 1. The van der Waals surface area contributed by atoms with E-state index in [0.717, 1.165) is 6.92 Å². The van der Waals surface area contributed by atoms with Crippen LogP contribution in [0.4, 0.5) is 4.39 Å². The molecule has 0 aromatic heterocycles. The van der Waals surface area contributed by atoms with Gasteiger partial charge in [0.2, 0.25) is 5.67 Å². The predicted molar refractivity (Wildman–Crippen MR) is 66.8 cm³/mol. The number of alkyl halides is 1. The Balaban J connectivity index is 2.89. The number of hydrogen-bond donors (Lipinski definition) is 1. The van der Waals surface area contributed by atoms with Gasteiger partial charge in [-0.3, -0.25) is 0 Å². The second-order valence-electron chi connectivity index (χ2n) is 5.39. The molecule has 0 aliphatic carbocycles. The molecule has 2 atom stereocenters. The Kier molecular flexibility index (Phi) is 4.12. The van der Waals surface area contributed by atoms with Crippen LogP contribution in [0, 0.1) is 0 Å². The fraction of sp³-hybridized carbons (Fsp3) is 0.500. The van der Waals surface area contributed by atoms with E-state index in [1.54, 1.807) is 51.1 Å². The van der Waals surface area contributed by atoms with Gasteiger partial charge in [-0.2, -0.15) is 0 Å². The number of benzene rings is 1. The largest absolute Gasteiger partial charge is 0.458 e. The van der Waals surface area contributed by atoms with E-state index < -0.39 is 23.3 Å². The van der Waals surface area contributed by atoms with Crippen molar-refractivity contribution in [1.29, 1.82) is 0 Å². The summed E-state index contributed by atoms with van der Waals surface area (Å²) in [4.78, 5) is 11.7. The fourth-order valence-corrected chi connectivity index (χ4v) is 1.44. The Labute approximate surface area is 107 Å². The second-order valence-corrected chi connectivity index (χ2v) is 5.39. The topological polar surface area (TPSA) is 46.5 Å². The van der Waals surface area contributed by atoms with Gasteiger partial charge in [0.25, 0.3) is 0 Å². The smallest absolute Gasteiger partial charge is 0.347 e. The van der Waals surface area contributed by atoms with Crippen LogP contribution in [-0.2, 0) is 9.53 Å². The molecule has 18 heavy (non-hydrogen) atoms. The Hall–Kier alpha value is -1.42. The summed E-state index contributed by atoms with van der Waals surface area (Å²) < 4.78 is 19.3. The number of carbonyl (C=O) groups is 1. The standard InChI is InChI=1S/C14H19FO3/c1-13(2,3)18-12(17)14(4,15)11(16)10-8-6-5-7-9-10/h5-9,11,16H,1-4H3/t11-,14-/m1/s1. The lowest BCUT2D eigenvalue weighted by Gasteiger charge is -2.29. The lowest BCUT2D eigenvalue weighted by Crippen LogP contribution is -2.42. The third-order valence-electron chi connectivity index (χ3n) is 2.43. The van der Waals surface area contributed by atoms with Gasteiger partial charge in [0.15, 0.2) is 0 Å². The molecule has 0 radical (unpaired) electrons. The minimum Gasteiger partial charge on any atom is -0.458 e. The molecular formula is C14H19FO3. The molecule has 0 saturated heterocycles. The van der Waals surface area contributed by atoms with Crippen LogP contribution in [0.15, 0.2) is 30.3 Å².